The zero-order chi connectivity index (χ0) is 14.6. The van der Waals surface area contributed by atoms with Gasteiger partial charge in [0, 0.05) is 19.3 Å². The van der Waals surface area contributed by atoms with E-state index in [1.165, 1.54) is 12.1 Å². The van der Waals surface area contributed by atoms with E-state index in [9.17, 15) is 8.42 Å². The number of nitrogens with one attached hydrogen (secondary N) is 1. The molecule has 0 amide bonds. The van der Waals surface area contributed by atoms with Crippen molar-refractivity contribution < 1.29 is 8.42 Å². The van der Waals surface area contributed by atoms with Gasteiger partial charge in [-0.2, -0.15) is 0 Å². The average molecular weight is 291 g/mol. The molecule has 0 radical (unpaired) electrons. The molecule has 6 heteroatoms. The summed E-state index contributed by atoms with van der Waals surface area (Å²) in [5.41, 5.74) is 3.09. The number of pyridine rings is 1. The van der Waals surface area contributed by atoms with E-state index in [0.717, 1.165) is 16.8 Å². The first-order valence-electron chi connectivity index (χ1n) is 6.19. The molecular weight excluding hydrogens is 274 g/mol. The van der Waals surface area contributed by atoms with Crippen LogP contribution in [0.2, 0.25) is 0 Å². The summed E-state index contributed by atoms with van der Waals surface area (Å²) in [5.74, 6) is 0. The number of benzene rings is 1. The second kappa shape index (κ2) is 6.13. The van der Waals surface area contributed by atoms with Crippen molar-refractivity contribution in [3.05, 3.63) is 59.4 Å². The van der Waals surface area contributed by atoms with E-state index in [2.05, 4.69) is 10.3 Å². The summed E-state index contributed by atoms with van der Waals surface area (Å²) in [4.78, 5) is 4.42. The number of nitrogens with zero attached hydrogens (tertiary/aromatic N) is 1. The molecule has 20 heavy (non-hydrogen) atoms. The van der Waals surface area contributed by atoms with Crippen LogP contribution in [0.15, 0.2) is 47.5 Å². The van der Waals surface area contributed by atoms with Crippen LogP contribution in [0.4, 0.5) is 0 Å². The number of primary sulfonamides is 1. The molecular formula is C14H17N3O2S. The van der Waals surface area contributed by atoms with Crippen molar-refractivity contribution in [2.45, 2.75) is 24.9 Å². The minimum Gasteiger partial charge on any atom is -0.307 e. The molecule has 0 atom stereocenters. The standard InChI is InChI=1S/C14H17N3O2S/c1-11-2-5-13(17-8-11)10-16-9-12-3-6-14(7-4-12)20(15,18)19/h2-8,16H,9-10H2,1H3,(H2,15,18,19). The molecule has 0 aliphatic carbocycles. The minimum atomic E-state index is -3.62. The van der Waals surface area contributed by atoms with Gasteiger partial charge in [-0.1, -0.05) is 18.2 Å². The van der Waals surface area contributed by atoms with E-state index in [4.69, 9.17) is 5.14 Å². The Hall–Kier alpha value is -1.76. The monoisotopic (exact) mass is 291 g/mol. The van der Waals surface area contributed by atoms with Gasteiger partial charge < -0.3 is 5.32 Å². The molecule has 0 bridgehead atoms. The molecule has 106 valence electrons. The third-order valence-corrected chi connectivity index (χ3v) is 3.79. The zero-order valence-corrected chi connectivity index (χ0v) is 12.0. The molecule has 0 saturated carbocycles. The van der Waals surface area contributed by atoms with Crippen molar-refractivity contribution in [1.29, 1.82) is 0 Å². The van der Waals surface area contributed by atoms with Crippen molar-refractivity contribution in [2.75, 3.05) is 0 Å². The average Bonchev–Trinajstić information content (AvgIpc) is 2.41. The molecule has 0 spiro atoms. The first-order valence-corrected chi connectivity index (χ1v) is 7.74. The third kappa shape index (κ3) is 4.12. The van der Waals surface area contributed by atoms with Crippen LogP contribution in [0, 0.1) is 6.92 Å². The molecule has 1 heterocycles. The first-order chi connectivity index (χ1) is 9.45. The number of aryl methyl sites for hydroxylation is 1. The number of hydrogen-bond acceptors (Lipinski definition) is 4. The Morgan fingerprint density at radius 1 is 1.10 bits per heavy atom. The smallest absolute Gasteiger partial charge is 0.238 e. The molecule has 5 nitrogen and oxygen atoms in total. The zero-order valence-electron chi connectivity index (χ0n) is 11.2. The predicted octanol–water partition coefficient (Wildman–Crippen LogP) is 1.33. The van der Waals surface area contributed by atoms with Crippen molar-refractivity contribution in [3.8, 4) is 0 Å². The van der Waals surface area contributed by atoms with Gasteiger partial charge >= 0.3 is 0 Å². The summed E-state index contributed by atoms with van der Waals surface area (Å²) in [6.07, 6.45) is 1.83. The highest BCUT2D eigenvalue weighted by Gasteiger charge is 2.06. The first kappa shape index (κ1) is 14.6. The Bertz CT molecular complexity index is 665. The third-order valence-electron chi connectivity index (χ3n) is 2.86. The summed E-state index contributed by atoms with van der Waals surface area (Å²) < 4.78 is 22.2. The van der Waals surface area contributed by atoms with Gasteiger partial charge in [0.2, 0.25) is 10.0 Å². The Labute approximate surface area is 118 Å². The van der Waals surface area contributed by atoms with Crippen LogP contribution in [0.5, 0.6) is 0 Å². The quantitative estimate of drug-likeness (QED) is 0.870. The number of rotatable bonds is 5. The van der Waals surface area contributed by atoms with Gasteiger partial charge in [-0.15, -0.1) is 0 Å². The Morgan fingerprint density at radius 2 is 1.80 bits per heavy atom. The second-order valence-corrected chi connectivity index (χ2v) is 6.18. The molecule has 3 N–H and O–H groups in total. The van der Waals surface area contributed by atoms with E-state index < -0.39 is 10.0 Å². The lowest BCUT2D eigenvalue weighted by Crippen LogP contribution is -2.14. The summed E-state index contributed by atoms with van der Waals surface area (Å²) in [6.45, 7) is 3.30. The van der Waals surface area contributed by atoms with Gasteiger partial charge in [0.05, 0.1) is 10.6 Å². The molecule has 0 saturated heterocycles. The van der Waals surface area contributed by atoms with Gasteiger partial charge in [-0.3, -0.25) is 4.98 Å². The summed E-state index contributed by atoms with van der Waals surface area (Å²) >= 11 is 0. The Morgan fingerprint density at radius 3 is 2.35 bits per heavy atom. The summed E-state index contributed by atoms with van der Waals surface area (Å²) in [7, 11) is -3.62. The fraction of sp³-hybridized carbons (Fsp3) is 0.214. The van der Waals surface area contributed by atoms with E-state index in [0.29, 0.717) is 13.1 Å². The molecule has 0 fully saturated rings. The minimum absolute atomic E-state index is 0.126. The van der Waals surface area contributed by atoms with Crippen LogP contribution in [0.1, 0.15) is 16.8 Å². The fourth-order valence-electron chi connectivity index (χ4n) is 1.73. The molecule has 0 aliphatic heterocycles. The molecule has 0 aliphatic rings. The lowest BCUT2D eigenvalue weighted by Gasteiger charge is -2.06. The maximum Gasteiger partial charge on any atom is 0.238 e. The van der Waals surface area contributed by atoms with Crippen molar-refractivity contribution in [3.63, 3.8) is 0 Å². The van der Waals surface area contributed by atoms with Gasteiger partial charge in [0.15, 0.2) is 0 Å². The molecule has 2 aromatic rings. The van der Waals surface area contributed by atoms with Crippen molar-refractivity contribution in [1.82, 2.24) is 10.3 Å². The van der Waals surface area contributed by atoms with E-state index in [-0.39, 0.29) is 4.90 Å². The maximum atomic E-state index is 11.1. The number of hydrogen-bond donors (Lipinski definition) is 2. The predicted molar refractivity (Wildman–Crippen MR) is 77.3 cm³/mol. The van der Waals surface area contributed by atoms with Gasteiger partial charge in [0.25, 0.3) is 0 Å². The van der Waals surface area contributed by atoms with E-state index in [1.54, 1.807) is 12.1 Å². The van der Waals surface area contributed by atoms with E-state index in [1.807, 2.05) is 25.3 Å². The van der Waals surface area contributed by atoms with Crippen molar-refractivity contribution in [2.24, 2.45) is 5.14 Å². The molecule has 1 aromatic carbocycles. The summed E-state index contributed by atoms with van der Waals surface area (Å²) in [6, 6.07) is 10.5. The Kier molecular flexibility index (Phi) is 4.49. The van der Waals surface area contributed by atoms with Crippen LogP contribution in [-0.4, -0.2) is 13.4 Å². The highest BCUT2D eigenvalue weighted by Crippen LogP contribution is 2.08. The SMILES string of the molecule is Cc1ccc(CNCc2ccc(S(N)(=O)=O)cc2)nc1. The van der Waals surface area contributed by atoms with Gasteiger partial charge in [-0.05, 0) is 36.2 Å². The normalized spacial score (nSPS) is 11.5. The highest BCUT2D eigenvalue weighted by molar-refractivity contribution is 7.89. The largest absolute Gasteiger partial charge is 0.307 e. The van der Waals surface area contributed by atoms with Crippen LogP contribution in [0.25, 0.3) is 0 Å². The summed E-state index contributed by atoms with van der Waals surface area (Å²) in [5, 5.41) is 8.30. The topological polar surface area (TPSA) is 85.1 Å². The number of aromatic nitrogens is 1. The fourth-order valence-corrected chi connectivity index (χ4v) is 2.25. The number of sulfonamides is 1. The number of nitrogens with two attached hydrogens (primary N) is 1. The lowest BCUT2D eigenvalue weighted by molar-refractivity contribution is 0.597. The van der Waals surface area contributed by atoms with Crippen LogP contribution >= 0.6 is 0 Å². The molecule has 2 rings (SSSR count). The van der Waals surface area contributed by atoms with Gasteiger partial charge in [0.1, 0.15) is 0 Å². The molecule has 1 aromatic heterocycles. The van der Waals surface area contributed by atoms with Crippen LogP contribution in [0.3, 0.4) is 0 Å². The van der Waals surface area contributed by atoms with Crippen molar-refractivity contribution >= 4 is 10.0 Å². The van der Waals surface area contributed by atoms with Gasteiger partial charge in [-0.25, -0.2) is 13.6 Å². The Balaban J connectivity index is 1.90. The van der Waals surface area contributed by atoms with Crippen LogP contribution < -0.4 is 10.5 Å². The maximum absolute atomic E-state index is 11.1. The molecule has 0 unspecified atom stereocenters. The van der Waals surface area contributed by atoms with Crippen LogP contribution in [-0.2, 0) is 23.1 Å². The lowest BCUT2D eigenvalue weighted by atomic mass is 10.2. The van der Waals surface area contributed by atoms with E-state index >= 15 is 0 Å². The highest BCUT2D eigenvalue weighted by atomic mass is 32.2. The second-order valence-electron chi connectivity index (χ2n) is 4.62.